The molecule has 8 heteroatoms. The Balaban J connectivity index is 1.90. The summed E-state index contributed by atoms with van der Waals surface area (Å²) in [5.74, 6) is 2.75. The van der Waals surface area contributed by atoms with E-state index in [1.54, 1.807) is 20.1 Å². The first-order valence-corrected chi connectivity index (χ1v) is 11.0. The molecule has 0 aliphatic rings. The van der Waals surface area contributed by atoms with E-state index in [0.717, 1.165) is 30.2 Å². The highest BCUT2D eigenvalue weighted by molar-refractivity contribution is 5.79. The molecular formula is C24H38N4O4. The van der Waals surface area contributed by atoms with Gasteiger partial charge in [-0.2, -0.15) is 0 Å². The molecule has 178 valence electrons. The quantitative estimate of drug-likeness (QED) is 0.322. The minimum Gasteiger partial charge on any atom is -0.492 e. The van der Waals surface area contributed by atoms with Crippen molar-refractivity contribution in [1.29, 1.82) is 0 Å². The van der Waals surface area contributed by atoms with E-state index in [2.05, 4.69) is 20.5 Å². The predicted octanol–water partition coefficient (Wildman–Crippen LogP) is 2.51. The zero-order valence-corrected chi connectivity index (χ0v) is 20.0. The average molecular weight is 447 g/mol. The van der Waals surface area contributed by atoms with Gasteiger partial charge in [-0.05, 0) is 57.6 Å². The molecule has 8 nitrogen and oxygen atoms in total. The van der Waals surface area contributed by atoms with Gasteiger partial charge in [0.15, 0.2) is 5.96 Å². The number of benzene rings is 1. The van der Waals surface area contributed by atoms with Crippen molar-refractivity contribution >= 4 is 5.96 Å². The van der Waals surface area contributed by atoms with Crippen LogP contribution < -0.4 is 15.4 Å². The zero-order chi connectivity index (χ0) is 23.4. The molecule has 1 heterocycles. The van der Waals surface area contributed by atoms with Crippen molar-refractivity contribution in [3.8, 4) is 5.75 Å². The predicted molar refractivity (Wildman–Crippen MR) is 127 cm³/mol. The van der Waals surface area contributed by atoms with Crippen molar-refractivity contribution in [1.82, 2.24) is 15.5 Å². The molecule has 0 radical (unpaired) electrons. The molecule has 1 atom stereocenters. The van der Waals surface area contributed by atoms with E-state index >= 15 is 0 Å². The summed E-state index contributed by atoms with van der Waals surface area (Å²) >= 11 is 0. The lowest BCUT2D eigenvalue weighted by Gasteiger charge is -2.22. The number of nitrogens with one attached hydrogen (secondary N) is 2. The first kappa shape index (κ1) is 25.7. The Morgan fingerprint density at radius 1 is 1.19 bits per heavy atom. The molecule has 0 spiro atoms. The fourth-order valence-corrected chi connectivity index (χ4v) is 2.99. The number of likely N-dealkylation sites (N-methyl/N-ethyl adjacent to an activating group) is 1. The SMILES string of the molecule is CCNC(=NCc1cccc(OCCN(C)CCOC)c1)NCC(C)(O)c1ccc(C)o1. The Hall–Kier alpha value is -2.55. The first-order chi connectivity index (χ1) is 15.3. The monoisotopic (exact) mass is 446 g/mol. The van der Waals surface area contributed by atoms with Crippen molar-refractivity contribution in [3.05, 3.63) is 53.5 Å². The lowest BCUT2D eigenvalue weighted by molar-refractivity contribution is 0.0378. The van der Waals surface area contributed by atoms with Crippen LogP contribution in [0.4, 0.5) is 0 Å². The molecule has 1 aromatic carbocycles. The largest absolute Gasteiger partial charge is 0.492 e. The lowest BCUT2D eigenvalue weighted by atomic mass is 10.0. The van der Waals surface area contributed by atoms with Crippen LogP contribution in [0.3, 0.4) is 0 Å². The summed E-state index contributed by atoms with van der Waals surface area (Å²) in [6, 6.07) is 11.6. The Kier molecular flexibility index (Phi) is 10.5. The van der Waals surface area contributed by atoms with Gasteiger partial charge in [0.1, 0.15) is 29.5 Å². The Bertz CT molecular complexity index is 835. The van der Waals surface area contributed by atoms with E-state index in [-0.39, 0.29) is 6.54 Å². The molecule has 0 saturated carbocycles. The highest BCUT2D eigenvalue weighted by Crippen LogP contribution is 2.22. The Morgan fingerprint density at radius 3 is 2.66 bits per heavy atom. The molecule has 0 aliphatic carbocycles. The number of aryl methyl sites for hydroxylation is 1. The number of ether oxygens (including phenoxy) is 2. The lowest BCUT2D eigenvalue weighted by Crippen LogP contribution is -2.44. The number of hydrogen-bond donors (Lipinski definition) is 3. The summed E-state index contributed by atoms with van der Waals surface area (Å²) in [5.41, 5.74) is -0.102. The fourth-order valence-electron chi connectivity index (χ4n) is 2.99. The van der Waals surface area contributed by atoms with Crippen molar-refractivity contribution in [2.45, 2.75) is 32.9 Å². The third-order valence-corrected chi connectivity index (χ3v) is 4.95. The summed E-state index contributed by atoms with van der Waals surface area (Å²) in [6.45, 7) is 10.1. The standard InChI is InChI=1S/C24H38N4O4/c1-6-25-23(27-18-24(3,29)22-11-10-19(2)32-22)26-17-20-8-7-9-21(16-20)31-15-13-28(4)12-14-30-5/h7-11,16,29H,6,12-15,17-18H2,1-5H3,(H2,25,26,27). The van der Waals surface area contributed by atoms with Crippen LogP contribution in [0.5, 0.6) is 5.75 Å². The zero-order valence-electron chi connectivity index (χ0n) is 20.0. The number of guanidine groups is 1. The second kappa shape index (κ2) is 13.1. The number of furan rings is 1. The van der Waals surface area contributed by atoms with E-state index < -0.39 is 5.60 Å². The molecular weight excluding hydrogens is 408 g/mol. The van der Waals surface area contributed by atoms with Gasteiger partial charge in [-0.1, -0.05) is 12.1 Å². The molecule has 0 fully saturated rings. The van der Waals surface area contributed by atoms with Crippen LogP contribution >= 0.6 is 0 Å². The molecule has 32 heavy (non-hydrogen) atoms. The topological polar surface area (TPSA) is 91.5 Å². The minimum atomic E-state index is -1.14. The van der Waals surface area contributed by atoms with Gasteiger partial charge in [0.25, 0.3) is 0 Å². The van der Waals surface area contributed by atoms with E-state index in [4.69, 9.17) is 13.9 Å². The summed E-state index contributed by atoms with van der Waals surface area (Å²) < 4.78 is 16.6. The van der Waals surface area contributed by atoms with E-state index in [1.807, 2.05) is 51.2 Å². The molecule has 0 aliphatic heterocycles. The number of rotatable bonds is 13. The normalized spacial score (nSPS) is 13.8. The van der Waals surface area contributed by atoms with Crippen LogP contribution in [0, 0.1) is 6.92 Å². The third-order valence-electron chi connectivity index (χ3n) is 4.95. The second-order valence-corrected chi connectivity index (χ2v) is 8.02. The van der Waals surface area contributed by atoms with Gasteiger partial charge in [0.2, 0.25) is 0 Å². The van der Waals surface area contributed by atoms with E-state index in [0.29, 0.717) is 38.0 Å². The number of aliphatic hydroxyl groups is 1. The van der Waals surface area contributed by atoms with Crippen molar-refractivity contribution < 1.29 is 19.0 Å². The van der Waals surface area contributed by atoms with Crippen molar-refractivity contribution in [2.75, 3.05) is 53.6 Å². The van der Waals surface area contributed by atoms with Crippen LogP contribution in [-0.4, -0.2) is 69.5 Å². The molecule has 0 bridgehead atoms. The summed E-state index contributed by atoms with van der Waals surface area (Å²) in [6.07, 6.45) is 0. The van der Waals surface area contributed by atoms with Crippen LogP contribution in [0.25, 0.3) is 0 Å². The maximum Gasteiger partial charge on any atom is 0.191 e. The van der Waals surface area contributed by atoms with Gasteiger partial charge >= 0.3 is 0 Å². The Morgan fingerprint density at radius 2 is 1.97 bits per heavy atom. The highest BCUT2D eigenvalue weighted by atomic mass is 16.5. The second-order valence-electron chi connectivity index (χ2n) is 8.02. The van der Waals surface area contributed by atoms with Gasteiger partial charge in [0.05, 0.1) is 19.7 Å². The van der Waals surface area contributed by atoms with E-state index in [9.17, 15) is 5.11 Å². The van der Waals surface area contributed by atoms with Crippen LogP contribution in [-0.2, 0) is 16.9 Å². The minimum absolute atomic E-state index is 0.269. The van der Waals surface area contributed by atoms with Crippen LogP contribution in [0.15, 0.2) is 45.8 Å². The summed E-state index contributed by atoms with van der Waals surface area (Å²) in [7, 11) is 3.75. The summed E-state index contributed by atoms with van der Waals surface area (Å²) in [4.78, 5) is 6.82. The maximum absolute atomic E-state index is 10.7. The molecule has 1 aromatic heterocycles. The first-order valence-electron chi connectivity index (χ1n) is 11.0. The number of aliphatic imine (C=N–C) groups is 1. The molecule has 3 N–H and O–H groups in total. The Labute approximate surface area is 191 Å². The third kappa shape index (κ3) is 8.90. The number of methoxy groups -OCH3 is 1. The average Bonchev–Trinajstić information content (AvgIpc) is 3.22. The molecule has 0 amide bonds. The molecule has 0 saturated heterocycles. The highest BCUT2D eigenvalue weighted by Gasteiger charge is 2.27. The maximum atomic E-state index is 10.7. The van der Waals surface area contributed by atoms with Gasteiger partial charge < -0.3 is 34.5 Å². The summed E-state index contributed by atoms with van der Waals surface area (Å²) in [5, 5.41) is 17.2. The number of hydrogen-bond acceptors (Lipinski definition) is 6. The smallest absolute Gasteiger partial charge is 0.191 e. The molecule has 2 rings (SSSR count). The molecule has 2 aromatic rings. The molecule has 1 unspecified atom stereocenters. The fraction of sp³-hybridized carbons (Fsp3) is 0.542. The van der Waals surface area contributed by atoms with Crippen molar-refractivity contribution in [3.63, 3.8) is 0 Å². The van der Waals surface area contributed by atoms with Gasteiger partial charge in [-0.3, -0.25) is 0 Å². The number of nitrogens with zero attached hydrogens (tertiary/aromatic N) is 2. The van der Waals surface area contributed by atoms with Crippen LogP contribution in [0.1, 0.15) is 30.9 Å². The van der Waals surface area contributed by atoms with Gasteiger partial charge in [-0.15, -0.1) is 0 Å². The van der Waals surface area contributed by atoms with Crippen LogP contribution in [0.2, 0.25) is 0 Å². The van der Waals surface area contributed by atoms with Crippen molar-refractivity contribution in [2.24, 2.45) is 4.99 Å². The van der Waals surface area contributed by atoms with E-state index in [1.165, 1.54) is 0 Å². The van der Waals surface area contributed by atoms with Gasteiger partial charge in [0, 0.05) is 26.7 Å². The van der Waals surface area contributed by atoms with Gasteiger partial charge in [-0.25, -0.2) is 4.99 Å².